The molecule has 0 radical (unpaired) electrons. The van der Waals surface area contributed by atoms with E-state index in [1.807, 2.05) is 0 Å². The third-order valence-corrected chi connectivity index (χ3v) is 8.41. The third kappa shape index (κ3) is 7.51. The van der Waals surface area contributed by atoms with Crippen molar-refractivity contribution in [1.29, 1.82) is 5.26 Å². The average Bonchev–Trinajstić information content (AvgIpc) is 3.36. The van der Waals surface area contributed by atoms with Gasteiger partial charge in [0.2, 0.25) is 5.91 Å². The Morgan fingerprint density at radius 1 is 1.13 bits per heavy atom. The number of likely N-dealkylation sites (N-methyl/N-ethyl adjacent to an activating group) is 1. The van der Waals surface area contributed by atoms with Gasteiger partial charge in [0, 0.05) is 30.0 Å². The number of amides is 3. The van der Waals surface area contributed by atoms with E-state index in [2.05, 4.69) is 17.3 Å². The van der Waals surface area contributed by atoms with Crippen molar-refractivity contribution in [3.05, 3.63) is 71.7 Å². The van der Waals surface area contributed by atoms with Gasteiger partial charge in [-0.05, 0) is 48.5 Å². The maximum absolute atomic E-state index is 13.7. The van der Waals surface area contributed by atoms with Crippen LogP contribution in [0.1, 0.15) is 33.6 Å². The van der Waals surface area contributed by atoms with E-state index in [1.165, 1.54) is 36.5 Å². The smallest absolute Gasteiger partial charge is 0.268 e. The Bertz CT molecular complexity index is 1620. The average molecular weight is 624 g/mol. The number of quaternary nitrogens is 1. The number of nitrogens with one attached hydrogen (secondary N) is 1. The highest BCUT2D eigenvalue weighted by molar-refractivity contribution is 6.07. The van der Waals surface area contributed by atoms with Crippen LogP contribution in [0, 0.1) is 17.1 Å². The van der Waals surface area contributed by atoms with E-state index in [-0.39, 0.29) is 17.3 Å². The predicted molar refractivity (Wildman–Crippen MR) is 158 cm³/mol. The number of pyridine rings is 1. The number of benzene rings is 2. The Labute approximate surface area is 258 Å². The Kier molecular flexibility index (Phi) is 9.24. The highest BCUT2D eigenvalue weighted by Gasteiger charge is 2.47. The highest BCUT2D eigenvalue weighted by atomic mass is 19.3. The molecule has 0 bridgehead atoms. The summed E-state index contributed by atoms with van der Waals surface area (Å²) in [6.07, 6.45) is 1.49. The zero-order chi connectivity index (χ0) is 32.2. The van der Waals surface area contributed by atoms with Gasteiger partial charge in [0.15, 0.2) is 0 Å². The van der Waals surface area contributed by atoms with Crippen LogP contribution in [0.2, 0.25) is 0 Å². The summed E-state index contributed by atoms with van der Waals surface area (Å²) in [6.45, 7) is 2.66. The Hall–Kier alpha value is -4.70. The van der Waals surface area contributed by atoms with Crippen LogP contribution >= 0.6 is 0 Å². The van der Waals surface area contributed by atoms with Gasteiger partial charge in [-0.15, -0.1) is 0 Å². The van der Waals surface area contributed by atoms with E-state index < -0.39 is 43.3 Å². The number of rotatable bonds is 9. The largest absolute Gasteiger partial charge is 0.493 e. The first-order valence-electron chi connectivity index (χ1n) is 14.7. The number of carbonyl (C=O) groups excluding carboxylic acids is 3. The van der Waals surface area contributed by atoms with Gasteiger partial charge in [0.1, 0.15) is 17.6 Å². The first-order valence-corrected chi connectivity index (χ1v) is 14.7. The first kappa shape index (κ1) is 31.7. The standard InChI is InChI=1S/C32H33F3N6O4/c1-41(14-11-39(12-15-41)31(44)22-3-5-23(33)6-4-22)13-2-16-45-25-7-8-28-27(17-25)26(9-10-37-28)30(43)38-20-29(42)40-21-32(34,35)18-24(40)19-36/h3-10,17,24H,2,11-16,18,20-21H2,1H3/p+1. The van der Waals surface area contributed by atoms with Gasteiger partial charge in [0.25, 0.3) is 17.7 Å². The Morgan fingerprint density at radius 2 is 1.87 bits per heavy atom. The van der Waals surface area contributed by atoms with Crippen LogP contribution in [-0.2, 0) is 4.79 Å². The van der Waals surface area contributed by atoms with Crippen LogP contribution in [0.5, 0.6) is 5.75 Å². The molecule has 0 saturated carbocycles. The second-order valence-electron chi connectivity index (χ2n) is 11.7. The summed E-state index contributed by atoms with van der Waals surface area (Å²) in [4.78, 5) is 45.2. The van der Waals surface area contributed by atoms with Crippen LogP contribution in [0.3, 0.4) is 0 Å². The van der Waals surface area contributed by atoms with Crippen molar-refractivity contribution in [2.45, 2.75) is 24.8 Å². The number of fused-ring (bicyclic) bond motifs is 1. The molecule has 0 spiro atoms. The summed E-state index contributed by atoms with van der Waals surface area (Å²) in [7, 11) is 2.15. The molecule has 5 rings (SSSR count). The quantitative estimate of drug-likeness (QED) is 0.289. The van der Waals surface area contributed by atoms with Crippen molar-refractivity contribution in [2.75, 3.05) is 59.5 Å². The molecule has 45 heavy (non-hydrogen) atoms. The van der Waals surface area contributed by atoms with Crippen LogP contribution in [0.25, 0.3) is 10.9 Å². The molecule has 2 aliphatic rings. The van der Waals surface area contributed by atoms with Gasteiger partial charge in [0.05, 0.1) is 76.6 Å². The maximum Gasteiger partial charge on any atom is 0.268 e. The summed E-state index contributed by atoms with van der Waals surface area (Å²) in [5.41, 5.74) is 1.26. The van der Waals surface area contributed by atoms with Gasteiger partial charge in [-0.3, -0.25) is 19.4 Å². The van der Waals surface area contributed by atoms with E-state index in [0.29, 0.717) is 41.9 Å². The normalized spacial score (nSPS) is 18.8. The van der Waals surface area contributed by atoms with Crippen LogP contribution in [-0.4, -0.2) is 108 Å². The van der Waals surface area contributed by atoms with Gasteiger partial charge in [-0.1, -0.05) is 0 Å². The number of nitrogens with zero attached hydrogens (tertiary/aromatic N) is 5. The molecular weight excluding hydrogens is 589 g/mol. The van der Waals surface area contributed by atoms with E-state index in [9.17, 15) is 27.6 Å². The lowest BCUT2D eigenvalue weighted by molar-refractivity contribution is -0.913. The van der Waals surface area contributed by atoms with Crippen molar-refractivity contribution < 1.29 is 36.8 Å². The minimum atomic E-state index is -3.14. The van der Waals surface area contributed by atoms with Crippen molar-refractivity contribution >= 4 is 28.6 Å². The van der Waals surface area contributed by atoms with Crippen LogP contribution in [0.15, 0.2) is 54.7 Å². The zero-order valence-electron chi connectivity index (χ0n) is 24.8. The number of nitriles is 1. The molecular formula is C32H34F3N6O4+. The van der Waals surface area contributed by atoms with Gasteiger partial charge >= 0.3 is 0 Å². The number of halogens is 3. The topological polar surface area (TPSA) is 116 Å². The molecule has 3 amide bonds. The number of alkyl halides is 2. The molecule has 1 atom stereocenters. The molecule has 2 aromatic carbocycles. The summed E-state index contributed by atoms with van der Waals surface area (Å²) in [6, 6.07) is 12.7. The Morgan fingerprint density at radius 3 is 2.58 bits per heavy atom. The second kappa shape index (κ2) is 13.1. The third-order valence-electron chi connectivity index (χ3n) is 8.41. The van der Waals surface area contributed by atoms with Gasteiger partial charge < -0.3 is 24.3 Å². The molecule has 236 valence electrons. The number of piperazine rings is 1. The van der Waals surface area contributed by atoms with E-state index in [4.69, 9.17) is 10.00 Å². The first-order chi connectivity index (χ1) is 21.5. The van der Waals surface area contributed by atoms with Gasteiger partial charge in [-0.25, -0.2) is 13.2 Å². The summed E-state index contributed by atoms with van der Waals surface area (Å²) in [5, 5.41) is 12.1. The van der Waals surface area contributed by atoms with Crippen molar-refractivity contribution in [2.24, 2.45) is 0 Å². The second-order valence-corrected chi connectivity index (χ2v) is 11.7. The number of hydrogen-bond acceptors (Lipinski definition) is 6. The molecule has 2 fully saturated rings. The fourth-order valence-electron chi connectivity index (χ4n) is 5.75. The van der Waals surface area contributed by atoms with Crippen molar-refractivity contribution in [3.63, 3.8) is 0 Å². The monoisotopic (exact) mass is 623 g/mol. The minimum Gasteiger partial charge on any atom is -0.493 e. The van der Waals surface area contributed by atoms with Crippen LogP contribution < -0.4 is 10.1 Å². The molecule has 1 unspecified atom stereocenters. The minimum absolute atomic E-state index is 0.0982. The molecule has 2 saturated heterocycles. The Balaban J connectivity index is 1.12. The fourth-order valence-corrected chi connectivity index (χ4v) is 5.75. The summed E-state index contributed by atoms with van der Waals surface area (Å²) < 4.78 is 47.4. The highest BCUT2D eigenvalue weighted by Crippen LogP contribution is 2.31. The van der Waals surface area contributed by atoms with E-state index >= 15 is 0 Å². The number of likely N-dealkylation sites (tertiary alicyclic amines) is 1. The molecule has 3 heterocycles. The number of hydrogen-bond donors (Lipinski definition) is 1. The maximum atomic E-state index is 13.7. The summed E-state index contributed by atoms with van der Waals surface area (Å²) in [5.74, 6) is -4.42. The fraction of sp³-hybridized carbons (Fsp3) is 0.406. The molecule has 13 heteroatoms. The van der Waals surface area contributed by atoms with Crippen LogP contribution in [0.4, 0.5) is 13.2 Å². The van der Waals surface area contributed by atoms with Gasteiger partial charge in [-0.2, -0.15) is 5.26 Å². The van der Waals surface area contributed by atoms with E-state index in [1.54, 1.807) is 29.2 Å². The predicted octanol–water partition coefficient (Wildman–Crippen LogP) is 3.23. The lowest BCUT2D eigenvalue weighted by Crippen LogP contribution is -2.58. The number of carbonyl (C=O) groups is 3. The summed E-state index contributed by atoms with van der Waals surface area (Å²) >= 11 is 0. The van der Waals surface area contributed by atoms with Crippen molar-refractivity contribution in [3.8, 4) is 11.8 Å². The molecule has 10 nitrogen and oxygen atoms in total. The molecule has 1 aromatic heterocycles. The SMILES string of the molecule is C[N+]1(CCCOc2ccc3nccc(C(=O)NCC(=O)N4CC(F)(F)CC4C#N)c3c2)CCN(C(=O)c2ccc(F)cc2)CC1. The molecule has 3 aromatic rings. The molecule has 1 N–H and O–H groups in total. The molecule has 2 aliphatic heterocycles. The number of ether oxygens (including phenoxy) is 1. The lowest BCUT2D eigenvalue weighted by atomic mass is 10.1. The van der Waals surface area contributed by atoms with Crippen molar-refractivity contribution in [1.82, 2.24) is 20.1 Å². The molecule has 0 aliphatic carbocycles. The lowest BCUT2D eigenvalue weighted by Gasteiger charge is -2.42. The van der Waals surface area contributed by atoms with E-state index in [0.717, 1.165) is 35.4 Å². The zero-order valence-corrected chi connectivity index (χ0v) is 24.8. The number of aromatic nitrogens is 1.